The molecule has 0 radical (unpaired) electrons. The molecule has 3 aromatic heterocycles. The summed E-state index contributed by atoms with van der Waals surface area (Å²) in [6.07, 6.45) is 0. The zero-order valence-electron chi connectivity index (χ0n) is 15.2. The number of pyridine rings is 1. The molecule has 29 heavy (non-hydrogen) atoms. The molecule has 3 nitrogen and oxygen atoms in total. The van der Waals surface area contributed by atoms with E-state index in [2.05, 4.69) is 12.1 Å². The molecule has 0 N–H and O–H groups in total. The molecule has 0 unspecified atom stereocenters. The zero-order valence-corrected chi connectivity index (χ0v) is 15.2. The highest BCUT2D eigenvalue weighted by atomic mass is 19.1. The third-order valence-electron chi connectivity index (χ3n) is 5.18. The molecule has 0 aliphatic rings. The van der Waals surface area contributed by atoms with Crippen molar-refractivity contribution in [3.8, 4) is 22.6 Å². The first-order valence-corrected chi connectivity index (χ1v) is 9.33. The molecule has 0 aliphatic heterocycles. The highest BCUT2D eigenvalue weighted by molar-refractivity contribution is 6.09. The van der Waals surface area contributed by atoms with Gasteiger partial charge in [0.15, 0.2) is 5.58 Å². The van der Waals surface area contributed by atoms with Crippen LogP contribution in [0.5, 0.6) is 0 Å². The molecule has 3 heterocycles. The molecule has 0 aliphatic carbocycles. The van der Waals surface area contributed by atoms with Crippen LogP contribution in [0.25, 0.3) is 55.6 Å². The Bertz CT molecular complexity index is 1510. The van der Waals surface area contributed by atoms with Crippen LogP contribution in [0.4, 0.5) is 4.39 Å². The number of nitrogens with zero attached hydrogens (tertiary/aromatic N) is 1. The molecule has 138 valence electrons. The number of aromatic nitrogens is 1. The summed E-state index contributed by atoms with van der Waals surface area (Å²) in [6, 6.07) is 26.1. The Hall–Kier alpha value is -3.92. The maximum absolute atomic E-state index is 13.2. The number of para-hydroxylation sites is 2. The van der Waals surface area contributed by atoms with Gasteiger partial charge in [-0.05, 0) is 48.5 Å². The minimum atomic E-state index is -0.274. The standard InChI is InChI=1S/C25H14FNO2/c26-16-10-8-15(9-11-16)24-14-21-23(28-24)13-12-20(27-21)19-6-3-5-18-17-4-1-2-7-22(17)29-25(18)19/h1-14H. The summed E-state index contributed by atoms with van der Waals surface area (Å²) in [4.78, 5) is 4.80. The van der Waals surface area contributed by atoms with Gasteiger partial charge in [-0.2, -0.15) is 0 Å². The van der Waals surface area contributed by atoms with E-state index in [1.807, 2.05) is 48.5 Å². The molecule has 4 heteroatoms. The summed E-state index contributed by atoms with van der Waals surface area (Å²) >= 11 is 0. The molecule has 0 saturated heterocycles. The van der Waals surface area contributed by atoms with Gasteiger partial charge in [-0.1, -0.05) is 30.3 Å². The first-order chi connectivity index (χ1) is 14.3. The SMILES string of the molecule is Fc1ccc(-c2cc3nc(-c4cccc5c4oc4ccccc45)ccc3o2)cc1. The first kappa shape index (κ1) is 16.1. The fourth-order valence-electron chi connectivity index (χ4n) is 3.78. The van der Waals surface area contributed by atoms with Crippen molar-refractivity contribution in [2.24, 2.45) is 0 Å². The third kappa shape index (κ3) is 2.53. The Kier molecular flexibility index (Phi) is 3.35. The molecule has 0 spiro atoms. The second-order valence-corrected chi connectivity index (χ2v) is 6.98. The van der Waals surface area contributed by atoms with E-state index in [4.69, 9.17) is 13.8 Å². The highest BCUT2D eigenvalue weighted by Crippen LogP contribution is 2.36. The molecule has 6 rings (SSSR count). The van der Waals surface area contributed by atoms with Gasteiger partial charge in [-0.25, -0.2) is 9.37 Å². The minimum Gasteiger partial charge on any atom is -0.455 e. The van der Waals surface area contributed by atoms with E-state index in [1.54, 1.807) is 12.1 Å². The molecule has 0 amide bonds. The quantitative estimate of drug-likeness (QED) is 0.319. The van der Waals surface area contributed by atoms with E-state index >= 15 is 0 Å². The van der Waals surface area contributed by atoms with Crippen LogP contribution in [0.3, 0.4) is 0 Å². The van der Waals surface area contributed by atoms with E-state index in [0.717, 1.165) is 44.3 Å². The second-order valence-electron chi connectivity index (χ2n) is 6.98. The molecular formula is C25H14FNO2. The van der Waals surface area contributed by atoms with Crippen molar-refractivity contribution in [2.75, 3.05) is 0 Å². The molecule has 0 saturated carbocycles. The zero-order chi connectivity index (χ0) is 19.4. The average Bonchev–Trinajstić information content (AvgIpc) is 3.35. The van der Waals surface area contributed by atoms with Crippen LogP contribution in [-0.4, -0.2) is 4.98 Å². The van der Waals surface area contributed by atoms with Gasteiger partial charge < -0.3 is 8.83 Å². The number of fused-ring (bicyclic) bond motifs is 4. The largest absolute Gasteiger partial charge is 0.455 e. The second kappa shape index (κ2) is 6.04. The van der Waals surface area contributed by atoms with Crippen LogP contribution < -0.4 is 0 Å². The van der Waals surface area contributed by atoms with Gasteiger partial charge in [0, 0.05) is 28.0 Å². The maximum Gasteiger partial charge on any atom is 0.153 e. The Labute approximate surface area is 165 Å². The average molecular weight is 379 g/mol. The Morgan fingerprint density at radius 2 is 1.52 bits per heavy atom. The van der Waals surface area contributed by atoms with Gasteiger partial charge in [0.25, 0.3) is 0 Å². The first-order valence-electron chi connectivity index (χ1n) is 9.33. The number of halogens is 1. The van der Waals surface area contributed by atoms with Crippen LogP contribution >= 0.6 is 0 Å². The van der Waals surface area contributed by atoms with Crippen molar-refractivity contribution >= 4 is 33.0 Å². The van der Waals surface area contributed by atoms with Crippen molar-refractivity contribution in [1.29, 1.82) is 0 Å². The van der Waals surface area contributed by atoms with Gasteiger partial charge in [-0.15, -0.1) is 0 Å². The summed E-state index contributed by atoms with van der Waals surface area (Å²) in [5.41, 5.74) is 5.67. The monoisotopic (exact) mass is 379 g/mol. The maximum atomic E-state index is 13.2. The van der Waals surface area contributed by atoms with Crippen LogP contribution in [0.1, 0.15) is 0 Å². The number of hydrogen-bond acceptors (Lipinski definition) is 3. The topological polar surface area (TPSA) is 39.2 Å². The molecule has 6 aromatic rings. The number of rotatable bonds is 2. The summed E-state index contributed by atoms with van der Waals surface area (Å²) < 4.78 is 25.2. The van der Waals surface area contributed by atoms with Gasteiger partial charge in [0.1, 0.15) is 28.3 Å². The van der Waals surface area contributed by atoms with Crippen LogP contribution in [-0.2, 0) is 0 Å². The Balaban J connectivity index is 1.52. The summed E-state index contributed by atoms with van der Waals surface area (Å²) in [7, 11) is 0. The number of furan rings is 2. The predicted molar refractivity (Wildman–Crippen MR) is 112 cm³/mol. The van der Waals surface area contributed by atoms with Crippen molar-refractivity contribution in [3.63, 3.8) is 0 Å². The van der Waals surface area contributed by atoms with E-state index < -0.39 is 0 Å². The normalized spacial score (nSPS) is 11.6. The van der Waals surface area contributed by atoms with Crippen LogP contribution in [0, 0.1) is 5.82 Å². The molecule has 0 atom stereocenters. The third-order valence-corrected chi connectivity index (χ3v) is 5.18. The summed E-state index contributed by atoms with van der Waals surface area (Å²) in [5.74, 6) is 0.385. The highest BCUT2D eigenvalue weighted by Gasteiger charge is 2.14. The fourth-order valence-corrected chi connectivity index (χ4v) is 3.78. The van der Waals surface area contributed by atoms with E-state index in [9.17, 15) is 4.39 Å². The Morgan fingerprint density at radius 3 is 2.41 bits per heavy atom. The molecule has 0 bridgehead atoms. The molecular weight excluding hydrogens is 365 g/mol. The summed E-state index contributed by atoms with van der Waals surface area (Å²) in [5, 5.41) is 2.16. The van der Waals surface area contributed by atoms with Crippen LogP contribution in [0.15, 0.2) is 93.8 Å². The van der Waals surface area contributed by atoms with Gasteiger partial charge in [0.05, 0.1) is 5.69 Å². The number of benzene rings is 3. The van der Waals surface area contributed by atoms with Crippen molar-refractivity contribution in [2.45, 2.75) is 0 Å². The smallest absolute Gasteiger partial charge is 0.153 e. The molecule has 0 fully saturated rings. The van der Waals surface area contributed by atoms with Crippen molar-refractivity contribution in [1.82, 2.24) is 4.98 Å². The lowest BCUT2D eigenvalue weighted by Crippen LogP contribution is -1.83. The van der Waals surface area contributed by atoms with Crippen molar-refractivity contribution < 1.29 is 13.2 Å². The predicted octanol–water partition coefficient (Wildman–Crippen LogP) is 7.20. The van der Waals surface area contributed by atoms with Crippen molar-refractivity contribution in [3.05, 3.63) is 90.7 Å². The minimum absolute atomic E-state index is 0.274. The van der Waals surface area contributed by atoms with Gasteiger partial charge in [0.2, 0.25) is 0 Å². The summed E-state index contributed by atoms with van der Waals surface area (Å²) in [6.45, 7) is 0. The lowest BCUT2D eigenvalue weighted by Gasteiger charge is -2.01. The van der Waals surface area contributed by atoms with E-state index in [0.29, 0.717) is 11.3 Å². The molecule has 3 aromatic carbocycles. The van der Waals surface area contributed by atoms with Gasteiger partial charge in [-0.3, -0.25) is 0 Å². The lowest BCUT2D eigenvalue weighted by atomic mass is 10.1. The van der Waals surface area contributed by atoms with E-state index in [-0.39, 0.29) is 5.82 Å². The van der Waals surface area contributed by atoms with E-state index in [1.165, 1.54) is 12.1 Å². The number of hydrogen-bond donors (Lipinski definition) is 0. The lowest BCUT2D eigenvalue weighted by molar-refractivity contribution is 0.623. The fraction of sp³-hybridized carbons (Fsp3) is 0. The Morgan fingerprint density at radius 1 is 0.690 bits per heavy atom. The van der Waals surface area contributed by atoms with Gasteiger partial charge >= 0.3 is 0 Å². The van der Waals surface area contributed by atoms with Crippen LogP contribution in [0.2, 0.25) is 0 Å².